The fourth-order valence-corrected chi connectivity index (χ4v) is 3.27. The summed E-state index contributed by atoms with van der Waals surface area (Å²) >= 11 is 0. The predicted octanol–water partition coefficient (Wildman–Crippen LogP) is -0.649. The average molecular weight is 295 g/mol. The minimum Gasteiger partial charge on any atom is -0.468 e. The lowest BCUT2D eigenvalue weighted by molar-refractivity contribution is -0.139. The second-order valence-corrected chi connectivity index (χ2v) is 7.16. The van der Waals surface area contributed by atoms with Gasteiger partial charge in [-0.3, -0.25) is 4.79 Å². The first-order chi connectivity index (χ1) is 8.73. The summed E-state index contributed by atoms with van der Waals surface area (Å²) in [5.74, 6) is -0.814. The van der Waals surface area contributed by atoms with Crippen LogP contribution in [-0.4, -0.2) is 68.6 Å². The van der Waals surface area contributed by atoms with Crippen molar-refractivity contribution in [3.63, 3.8) is 0 Å². The summed E-state index contributed by atoms with van der Waals surface area (Å²) in [5.41, 5.74) is -1.10. The van der Waals surface area contributed by atoms with Crippen molar-refractivity contribution in [2.24, 2.45) is 0 Å². The molecule has 1 saturated heterocycles. The van der Waals surface area contributed by atoms with E-state index >= 15 is 0 Å². The molecular formula is C11H21NO6S. The molecule has 0 aliphatic carbocycles. The summed E-state index contributed by atoms with van der Waals surface area (Å²) in [5, 5.41) is 8.99. The monoisotopic (exact) mass is 295 g/mol. The molecule has 112 valence electrons. The molecule has 0 aromatic rings. The summed E-state index contributed by atoms with van der Waals surface area (Å²) < 4.78 is 34.8. The fraction of sp³-hybridized carbons (Fsp3) is 0.909. The lowest BCUT2D eigenvalue weighted by Gasteiger charge is -2.35. The van der Waals surface area contributed by atoms with E-state index in [1.807, 2.05) is 0 Å². The van der Waals surface area contributed by atoms with E-state index in [4.69, 9.17) is 4.74 Å². The third-order valence-electron chi connectivity index (χ3n) is 3.35. The van der Waals surface area contributed by atoms with E-state index in [1.54, 1.807) is 0 Å². The van der Waals surface area contributed by atoms with Crippen LogP contribution in [-0.2, 0) is 24.3 Å². The third-order valence-corrected chi connectivity index (χ3v) is 5.44. The van der Waals surface area contributed by atoms with Crippen molar-refractivity contribution in [2.75, 3.05) is 33.9 Å². The third kappa shape index (κ3) is 3.88. The van der Waals surface area contributed by atoms with Crippen LogP contribution in [0, 0.1) is 0 Å². The van der Waals surface area contributed by atoms with Crippen molar-refractivity contribution in [2.45, 2.75) is 30.6 Å². The Bertz CT molecular complexity index is 415. The quantitative estimate of drug-likeness (QED) is 0.678. The van der Waals surface area contributed by atoms with Gasteiger partial charge in [0.15, 0.2) is 5.25 Å². The highest BCUT2D eigenvalue weighted by atomic mass is 32.2. The first kappa shape index (κ1) is 16.4. The van der Waals surface area contributed by atoms with E-state index in [9.17, 15) is 18.3 Å². The molecule has 0 aromatic heterocycles. The average Bonchev–Trinajstić information content (AvgIpc) is 2.37. The Morgan fingerprint density at radius 2 is 2.00 bits per heavy atom. The maximum absolute atomic E-state index is 12.1. The number of rotatable bonds is 5. The van der Waals surface area contributed by atoms with Gasteiger partial charge in [0.25, 0.3) is 0 Å². The van der Waals surface area contributed by atoms with Gasteiger partial charge < -0.3 is 14.6 Å². The van der Waals surface area contributed by atoms with Gasteiger partial charge in [0, 0.05) is 39.6 Å². The van der Waals surface area contributed by atoms with Gasteiger partial charge in [-0.25, -0.2) is 12.7 Å². The number of hydrogen-bond donors (Lipinski definition) is 1. The van der Waals surface area contributed by atoms with Crippen LogP contribution in [0.5, 0.6) is 0 Å². The molecule has 1 heterocycles. The molecule has 0 amide bonds. The Labute approximate surface area is 113 Å². The number of carbonyl (C=O) groups is 1. The maximum atomic E-state index is 12.1. The predicted molar refractivity (Wildman–Crippen MR) is 68.0 cm³/mol. The highest BCUT2D eigenvalue weighted by molar-refractivity contribution is 7.90. The molecule has 1 rings (SSSR count). The van der Waals surface area contributed by atoms with Gasteiger partial charge >= 0.3 is 5.97 Å². The summed E-state index contributed by atoms with van der Waals surface area (Å²) in [7, 11) is -1.34. The van der Waals surface area contributed by atoms with Gasteiger partial charge in [-0.05, 0) is 6.92 Å². The van der Waals surface area contributed by atoms with Crippen molar-refractivity contribution in [3.05, 3.63) is 0 Å². The van der Waals surface area contributed by atoms with Gasteiger partial charge in [0.2, 0.25) is 10.0 Å². The first-order valence-corrected chi connectivity index (χ1v) is 7.56. The van der Waals surface area contributed by atoms with Crippen LogP contribution in [0.15, 0.2) is 0 Å². The van der Waals surface area contributed by atoms with Gasteiger partial charge in [0.1, 0.15) is 0 Å². The zero-order chi connectivity index (χ0) is 14.7. The summed E-state index contributed by atoms with van der Waals surface area (Å²) in [4.78, 5) is 11.3. The van der Waals surface area contributed by atoms with Crippen LogP contribution in [0.4, 0.5) is 0 Å². The van der Waals surface area contributed by atoms with Crippen LogP contribution in [0.3, 0.4) is 0 Å². The number of carbonyl (C=O) groups excluding carboxylic acids is 1. The maximum Gasteiger partial charge on any atom is 0.325 e. The topological polar surface area (TPSA) is 93.1 Å². The molecule has 0 bridgehead atoms. The lowest BCUT2D eigenvalue weighted by Crippen LogP contribution is -2.50. The molecule has 0 aromatic carbocycles. The number of methoxy groups -OCH3 is 1. The largest absolute Gasteiger partial charge is 0.468 e. The summed E-state index contributed by atoms with van der Waals surface area (Å²) in [6, 6.07) is 0. The fourth-order valence-electron chi connectivity index (χ4n) is 1.97. The Kier molecular flexibility index (Phi) is 5.31. The minimum absolute atomic E-state index is 0.0555. The van der Waals surface area contributed by atoms with Crippen LogP contribution in [0.25, 0.3) is 0 Å². The molecule has 1 unspecified atom stereocenters. The zero-order valence-electron chi connectivity index (χ0n) is 11.5. The van der Waals surface area contributed by atoms with Gasteiger partial charge in [-0.15, -0.1) is 0 Å². The second kappa shape index (κ2) is 6.17. The standard InChI is InChI=1S/C11H21NO6S/c1-9(10(13)17-3)19(15,16)12(2)8-11(14)4-6-18-7-5-11/h9,14H,4-8H2,1-3H3. The smallest absolute Gasteiger partial charge is 0.325 e. The van der Waals surface area contributed by atoms with Gasteiger partial charge in [0.05, 0.1) is 12.7 Å². The first-order valence-electron chi connectivity index (χ1n) is 6.06. The van der Waals surface area contributed by atoms with Crippen LogP contribution >= 0.6 is 0 Å². The summed E-state index contributed by atoms with van der Waals surface area (Å²) in [6.45, 7) is 2.01. The van der Waals surface area contributed by atoms with Crippen LogP contribution in [0.2, 0.25) is 0 Å². The number of hydrogen-bond acceptors (Lipinski definition) is 6. The van der Waals surface area contributed by atoms with Crippen molar-refractivity contribution < 1.29 is 27.8 Å². The molecule has 1 atom stereocenters. The van der Waals surface area contributed by atoms with E-state index < -0.39 is 26.8 Å². The molecule has 1 aliphatic rings. The zero-order valence-corrected chi connectivity index (χ0v) is 12.3. The molecule has 1 aliphatic heterocycles. The Balaban J connectivity index is 2.75. The number of sulfonamides is 1. The van der Waals surface area contributed by atoms with Gasteiger partial charge in [-0.1, -0.05) is 0 Å². The van der Waals surface area contributed by atoms with E-state index in [0.29, 0.717) is 26.1 Å². The number of likely N-dealkylation sites (N-methyl/N-ethyl adjacent to an activating group) is 1. The Morgan fingerprint density at radius 1 is 1.47 bits per heavy atom. The van der Waals surface area contributed by atoms with Crippen molar-refractivity contribution in [1.29, 1.82) is 0 Å². The van der Waals surface area contributed by atoms with Gasteiger partial charge in [-0.2, -0.15) is 0 Å². The molecule has 7 nitrogen and oxygen atoms in total. The van der Waals surface area contributed by atoms with Crippen molar-refractivity contribution >= 4 is 16.0 Å². The van der Waals surface area contributed by atoms with Crippen LogP contribution in [0.1, 0.15) is 19.8 Å². The highest BCUT2D eigenvalue weighted by Gasteiger charge is 2.38. The Hall–Kier alpha value is -0.700. The normalized spacial score (nSPS) is 21.1. The molecule has 0 radical (unpaired) electrons. The molecular weight excluding hydrogens is 274 g/mol. The van der Waals surface area contributed by atoms with Crippen molar-refractivity contribution in [3.8, 4) is 0 Å². The molecule has 0 spiro atoms. The van der Waals surface area contributed by atoms with Crippen LogP contribution < -0.4 is 0 Å². The molecule has 19 heavy (non-hydrogen) atoms. The Morgan fingerprint density at radius 3 is 2.47 bits per heavy atom. The number of nitrogens with zero attached hydrogens (tertiary/aromatic N) is 1. The number of esters is 1. The minimum atomic E-state index is -3.83. The summed E-state index contributed by atoms with van der Waals surface area (Å²) in [6.07, 6.45) is 0.749. The molecule has 0 saturated carbocycles. The van der Waals surface area contributed by atoms with E-state index in [-0.39, 0.29) is 6.54 Å². The lowest BCUT2D eigenvalue weighted by atomic mass is 9.95. The second-order valence-electron chi connectivity index (χ2n) is 4.80. The van der Waals surface area contributed by atoms with E-state index in [0.717, 1.165) is 11.4 Å². The molecule has 8 heteroatoms. The number of aliphatic hydroxyl groups is 1. The SMILES string of the molecule is COC(=O)C(C)S(=O)(=O)N(C)CC1(O)CCOCC1. The van der Waals surface area contributed by atoms with E-state index in [2.05, 4.69) is 4.74 Å². The highest BCUT2D eigenvalue weighted by Crippen LogP contribution is 2.23. The number of ether oxygens (including phenoxy) is 2. The van der Waals surface area contributed by atoms with Crippen molar-refractivity contribution in [1.82, 2.24) is 4.31 Å². The van der Waals surface area contributed by atoms with E-state index in [1.165, 1.54) is 14.0 Å². The molecule has 1 fully saturated rings. The molecule has 1 N–H and O–H groups in total.